The molecule has 1 saturated heterocycles. The number of nitrogens with zero attached hydrogens (tertiary/aromatic N) is 1. The number of ketones is 1. The van der Waals surface area contributed by atoms with Crippen molar-refractivity contribution in [3.63, 3.8) is 0 Å². The molecular weight excluding hydrogens is 598 g/mol. The van der Waals surface area contributed by atoms with Gasteiger partial charge < -0.3 is 26.2 Å². The highest BCUT2D eigenvalue weighted by atomic mass is 32.2. The average Bonchev–Trinajstić information content (AvgIpc) is 3.41. The van der Waals surface area contributed by atoms with Gasteiger partial charge in [0.1, 0.15) is 21.9 Å². The summed E-state index contributed by atoms with van der Waals surface area (Å²) in [6, 6.07) is -3.48. The monoisotopic (exact) mass is 651 g/mol. The summed E-state index contributed by atoms with van der Waals surface area (Å²) in [4.78, 5) is 68.1. The van der Waals surface area contributed by atoms with E-state index in [1.54, 1.807) is 6.08 Å². The van der Waals surface area contributed by atoms with Crippen LogP contribution < -0.4 is 21.3 Å². The number of hydrogen-bond acceptors (Lipinski definition) is 7. The Hall–Kier alpha value is -2.96. The molecular formula is C32H53N5O7S. The predicted molar refractivity (Wildman–Crippen MR) is 172 cm³/mol. The molecule has 3 atom stereocenters. The molecule has 0 radical (unpaired) electrons. The first-order chi connectivity index (χ1) is 21.0. The highest BCUT2D eigenvalue weighted by Gasteiger charge is 2.44. The summed E-state index contributed by atoms with van der Waals surface area (Å²) < 4.78 is 24.5. The molecule has 3 fully saturated rings. The minimum Gasteiger partial charge on any atom is -0.349 e. The Morgan fingerprint density at radius 2 is 1.64 bits per heavy atom. The first kappa shape index (κ1) is 36.5. The molecule has 45 heavy (non-hydrogen) atoms. The molecule has 4 N–H and O–H groups in total. The molecule has 3 rings (SSSR count). The number of amides is 5. The van der Waals surface area contributed by atoms with Crippen LogP contribution in [-0.4, -0.2) is 91.6 Å². The third kappa shape index (κ3) is 10.5. The molecule has 12 nitrogen and oxygen atoms in total. The summed E-state index contributed by atoms with van der Waals surface area (Å²) in [5, 5.41) is 11.1. The SMILES string of the molecule is C=CCCNC(=O)C(=O)C(CC1CCC1)NC(=O)[C@@H]1CCCN1C(=O)C(NC(=O)NC1(CS(C)(=O)=O)CCCCC1)C(C)(C)C. The largest absolute Gasteiger partial charge is 0.349 e. The van der Waals surface area contributed by atoms with E-state index in [0.29, 0.717) is 45.1 Å². The fraction of sp³-hybridized carbons (Fsp3) is 0.781. The van der Waals surface area contributed by atoms with Gasteiger partial charge in [-0.15, -0.1) is 6.58 Å². The molecule has 1 aliphatic heterocycles. The standard InChI is InChI=1S/C32H53N5O7S/c1-6-7-18-33-28(40)25(38)23(20-22-13-11-14-22)34-27(39)24-15-12-19-37(24)29(41)26(31(2,3)4)35-30(42)36-32(21-45(5,43)44)16-9-8-10-17-32/h6,22-24,26H,1,7-21H2,2-5H3,(H,33,40)(H,34,39)(H2,35,36,42)/t23?,24-,26?/m0/s1. The lowest BCUT2D eigenvalue weighted by molar-refractivity contribution is -0.144. The van der Waals surface area contributed by atoms with Crippen molar-refractivity contribution in [1.29, 1.82) is 0 Å². The second-order valence-electron chi connectivity index (χ2n) is 14.3. The van der Waals surface area contributed by atoms with Gasteiger partial charge in [-0.1, -0.05) is 65.4 Å². The number of nitrogens with one attached hydrogen (secondary N) is 4. The lowest BCUT2D eigenvalue weighted by atomic mass is 9.80. The van der Waals surface area contributed by atoms with Gasteiger partial charge in [-0.05, 0) is 49.9 Å². The Morgan fingerprint density at radius 3 is 2.20 bits per heavy atom. The second-order valence-corrected chi connectivity index (χ2v) is 16.4. The van der Waals surface area contributed by atoms with Gasteiger partial charge in [0.2, 0.25) is 17.6 Å². The molecule has 2 unspecified atom stereocenters. The quantitative estimate of drug-likeness (QED) is 0.127. The Morgan fingerprint density at radius 1 is 0.978 bits per heavy atom. The molecule has 254 valence electrons. The predicted octanol–water partition coefficient (Wildman–Crippen LogP) is 2.38. The van der Waals surface area contributed by atoms with Crippen molar-refractivity contribution >= 4 is 39.4 Å². The van der Waals surface area contributed by atoms with Crippen LogP contribution in [0, 0.1) is 11.3 Å². The first-order valence-corrected chi connectivity index (χ1v) is 18.4. The lowest BCUT2D eigenvalue weighted by Gasteiger charge is -2.40. The summed E-state index contributed by atoms with van der Waals surface area (Å²) in [6.45, 7) is 9.62. The zero-order valence-electron chi connectivity index (χ0n) is 27.4. The van der Waals surface area contributed by atoms with Gasteiger partial charge in [0.05, 0.1) is 17.3 Å². The van der Waals surface area contributed by atoms with Crippen molar-refractivity contribution in [2.45, 2.75) is 121 Å². The fourth-order valence-corrected chi connectivity index (χ4v) is 8.02. The maximum absolute atomic E-state index is 14.0. The number of hydrogen-bond donors (Lipinski definition) is 4. The Kier molecular flexibility index (Phi) is 12.6. The van der Waals surface area contributed by atoms with Crippen molar-refractivity contribution < 1.29 is 32.4 Å². The molecule has 2 aliphatic carbocycles. The van der Waals surface area contributed by atoms with Crippen LogP contribution in [0.5, 0.6) is 0 Å². The third-order valence-corrected chi connectivity index (χ3v) is 10.3. The van der Waals surface area contributed by atoms with Gasteiger partial charge in [-0.2, -0.15) is 0 Å². The summed E-state index contributed by atoms with van der Waals surface area (Å²) in [6.07, 6.45) is 11.1. The van der Waals surface area contributed by atoms with E-state index >= 15 is 0 Å². The van der Waals surface area contributed by atoms with E-state index in [4.69, 9.17) is 0 Å². The minimum atomic E-state index is -3.38. The number of carbonyl (C=O) groups excluding carboxylic acids is 5. The van der Waals surface area contributed by atoms with Gasteiger partial charge in [-0.3, -0.25) is 19.2 Å². The summed E-state index contributed by atoms with van der Waals surface area (Å²) in [5.74, 6) is -2.32. The molecule has 0 spiro atoms. The van der Waals surface area contributed by atoms with Crippen LogP contribution in [-0.2, 0) is 29.0 Å². The molecule has 0 aromatic carbocycles. The average molecular weight is 652 g/mol. The first-order valence-electron chi connectivity index (χ1n) is 16.4. The molecule has 0 aromatic rings. The van der Waals surface area contributed by atoms with E-state index in [1.807, 2.05) is 20.8 Å². The van der Waals surface area contributed by atoms with Crippen molar-refractivity contribution in [3.8, 4) is 0 Å². The zero-order valence-corrected chi connectivity index (χ0v) is 28.2. The van der Waals surface area contributed by atoms with E-state index in [1.165, 1.54) is 4.90 Å². The van der Waals surface area contributed by atoms with Crippen LogP contribution in [0.2, 0.25) is 0 Å². The summed E-state index contributed by atoms with van der Waals surface area (Å²) in [7, 11) is -3.38. The van der Waals surface area contributed by atoms with Crippen LogP contribution in [0.4, 0.5) is 4.79 Å². The van der Waals surface area contributed by atoms with Crippen molar-refractivity contribution in [2.24, 2.45) is 11.3 Å². The van der Waals surface area contributed by atoms with E-state index in [9.17, 15) is 32.4 Å². The second kappa shape index (κ2) is 15.6. The zero-order chi connectivity index (χ0) is 33.4. The molecule has 5 amide bonds. The smallest absolute Gasteiger partial charge is 0.315 e. The van der Waals surface area contributed by atoms with Gasteiger partial charge in [0, 0.05) is 19.3 Å². The van der Waals surface area contributed by atoms with Crippen molar-refractivity contribution in [2.75, 3.05) is 25.1 Å². The lowest BCUT2D eigenvalue weighted by Crippen LogP contribution is -2.63. The van der Waals surface area contributed by atoms with E-state index in [0.717, 1.165) is 44.8 Å². The maximum atomic E-state index is 14.0. The molecule has 1 heterocycles. The summed E-state index contributed by atoms with van der Waals surface area (Å²) in [5.41, 5.74) is -1.64. The Bertz CT molecular complexity index is 1220. The summed E-state index contributed by atoms with van der Waals surface area (Å²) >= 11 is 0. The number of Topliss-reactive ketones (excluding diaryl/α,β-unsaturated/α-hetero) is 1. The van der Waals surface area contributed by atoms with Crippen LogP contribution >= 0.6 is 0 Å². The molecule has 13 heteroatoms. The number of rotatable bonds is 14. The highest BCUT2D eigenvalue weighted by molar-refractivity contribution is 7.90. The maximum Gasteiger partial charge on any atom is 0.315 e. The number of likely N-dealkylation sites (tertiary alicyclic amines) is 1. The van der Waals surface area contributed by atoms with Gasteiger partial charge in [0.25, 0.3) is 5.91 Å². The van der Waals surface area contributed by atoms with Crippen LogP contribution in [0.1, 0.15) is 97.8 Å². The number of sulfone groups is 1. The normalized spacial score (nSPS) is 21.5. The van der Waals surface area contributed by atoms with Gasteiger partial charge in [-0.25, -0.2) is 13.2 Å². The molecule has 2 saturated carbocycles. The van der Waals surface area contributed by atoms with Crippen LogP contribution in [0.25, 0.3) is 0 Å². The van der Waals surface area contributed by atoms with Crippen LogP contribution in [0.3, 0.4) is 0 Å². The van der Waals surface area contributed by atoms with E-state index in [-0.39, 0.29) is 18.2 Å². The number of urea groups is 1. The third-order valence-electron chi connectivity index (χ3n) is 9.24. The van der Waals surface area contributed by atoms with E-state index in [2.05, 4.69) is 27.8 Å². The Labute approximate surface area is 268 Å². The number of carbonyl (C=O) groups is 5. The van der Waals surface area contributed by atoms with Crippen molar-refractivity contribution in [3.05, 3.63) is 12.7 Å². The molecule has 0 bridgehead atoms. The highest BCUT2D eigenvalue weighted by Crippen LogP contribution is 2.32. The molecule has 0 aromatic heterocycles. The minimum absolute atomic E-state index is 0.178. The van der Waals surface area contributed by atoms with Crippen molar-refractivity contribution in [1.82, 2.24) is 26.2 Å². The fourth-order valence-electron chi connectivity index (χ4n) is 6.66. The van der Waals surface area contributed by atoms with Crippen LogP contribution in [0.15, 0.2) is 12.7 Å². The topological polar surface area (TPSA) is 171 Å². The molecule has 3 aliphatic rings. The van der Waals surface area contributed by atoms with E-state index < -0.39 is 68.5 Å². The van der Waals surface area contributed by atoms with Gasteiger partial charge in [0.15, 0.2) is 0 Å². The van der Waals surface area contributed by atoms with Gasteiger partial charge >= 0.3 is 6.03 Å². The Balaban J connectivity index is 1.73.